The first-order chi connectivity index (χ1) is 14.1. The molecule has 3 rings (SSSR count). The Bertz CT molecular complexity index is 976. The summed E-state index contributed by atoms with van der Waals surface area (Å²) in [6.07, 6.45) is 2.42. The molecule has 0 saturated carbocycles. The number of nitrogens with one attached hydrogen (secondary N) is 2. The number of carbonyl (C=O) groups is 2. The molecule has 0 saturated heterocycles. The minimum atomic E-state index is -0.707. The third kappa shape index (κ3) is 5.82. The number of phenolic OH excluding ortho intramolecular Hbond substituents is 1. The molecule has 2 aromatic carbocycles. The van der Waals surface area contributed by atoms with Gasteiger partial charge in [0.05, 0.1) is 5.69 Å². The van der Waals surface area contributed by atoms with Gasteiger partial charge in [-0.15, -0.1) is 11.3 Å². The average Bonchev–Trinajstić information content (AvgIpc) is 3.20. The van der Waals surface area contributed by atoms with Crippen molar-refractivity contribution in [3.8, 4) is 17.0 Å². The van der Waals surface area contributed by atoms with Crippen molar-refractivity contribution in [2.24, 2.45) is 0 Å². The molecule has 0 spiro atoms. The van der Waals surface area contributed by atoms with Crippen molar-refractivity contribution in [2.75, 3.05) is 17.3 Å². The molecular formula is C21H21N3O3S2. The van der Waals surface area contributed by atoms with Gasteiger partial charge in [-0.3, -0.25) is 9.59 Å². The largest absolute Gasteiger partial charge is 0.508 e. The van der Waals surface area contributed by atoms with E-state index in [2.05, 4.69) is 15.6 Å². The molecule has 0 aliphatic heterocycles. The van der Waals surface area contributed by atoms with Crippen LogP contribution >= 0.6 is 23.1 Å². The third-order valence-electron chi connectivity index (χ3n) is 4.14. The van der Waals surface area contributed by atoms with E-state index in [-0.39, 0.29) is 11.7 Å². The zero-order chi connectivity index (χ0) is 20.6. The summed E-state index contributed by atoms with van der Waals surface area (Å²) in [5.41, 5.74) is 2.06. The maximum Gasteiger partial charge on any atom is 0.252 e. The van der Waals surface area contributed by atoms with E-state index >= 15 is 0 Å². The lowest BCUT2D eigenvalue weighted by molar-refractivity contribution is -0.118. The van der Waals surface area contributed by atoms with E-state index in [0.29, 0.717) is 22.9 Å². The first-order valence-electron chi connectivity index (χ1n) is 8.97. The summed E-state index contributed by atoms with van der Waals surface area (Å²) in [5.74, 6) is -0.0160. The number of benzene rings is 2. The topological polar surface area (TPSA) is 91.3 Å². The highest BCUT2D eigenvalue weighted by Crippen LogP contribution is 2.24. The Morgan fingerprint density at radius 3 is 2.69 bits per heavy atom. The van der Waals surface area contributed by atoms with Gasteiger partial charge in [-0.25, -0.2) is 4.98 Å². The quantitative estimate of drug-likeness (QED) is 0.505. The normalized spacial score (nSPS) is 11.6. The predicted molar refractivity (Wildman–Crippen MR) is 119 cm³/mol. The van der Waals surface area contributed by atoms with Crippen LogP contribution in [0.5, 0.6) is 5.75 Å². The number of carbonyl (C=O) groups excluding carboxylic acids is 2. The van der Waals surface area contributed by atoms with Gasteiger partial charge in [0, 0.05) is 16.5 Å². The summed E-state index contributed by atoms with van der Waals surface area (Å²) in [7, 11) is 0. The van der Waals surface area contributed by atoms with Gasteiger partial charge in [0.2, 0.25) is 5.91 Å². The second-order valence-electron chi connectivity index (χ2n) is 6.25. The molecular weight excluding hydrogens is 406 g/mol. The number of aromatic hydroxyl groups is 1. The Morgan fingerprint density at radius 2 is 1.97 bits per heavy atom. The van der Waals surface area contributed by atoms with Gasteiger partial charge in [-0.2, -0.15) is 11.8 Å². The fourth-order valence-electron chi connectivity index (χ4n) is 2.66. The Hall–Kier alpha value is -2.84. The van der Waals surface area contributed by atoms with E-state index in [1.807, 2.05) is 42.0 Å². The molecule has 150 valence electrons. The molecule has 29 heavy (non-hydrogen) atoms. The van der Waals surface area contributed by atoms with Gasteiger partial charge >= 0.3 is 0 Å². The van der Waals surface area contributed by atoms with Crippen LogP contribution in [0.25, 0.3) is 11.3 Å². The van der Waals surface area contributed by atoms with E-state index in [1.165, 1.54) is 23.5 Å². The number of hydrogen-bond acceptors (Lipinski definition) is 6. The molecule has 6 nitrogen and oxygen atoms in total. The van der Waals surface area contributed by atoms with Crippen LogP contribution in [0.1, 0.15) is 16.8 Å². The van der Waals surface area contributed by atoms with Gasteiger partial charge in [0.25, 0.3) is 5.91 Å². The second-order valence-corrected chi connectivity index (χ2v) is 8.09. The average molecular weight is 428 g/mol. The number of thiazole rings is 1. The Labute approximate surface area is 177 Å². The molecule has 3 N–H and O–H groups in total. The number of anilines is 1. The van der Waals surface area contributed by atoms with Crippen LogP contribution in [0.3, 0.4) is 0 Å². The first kappa shape index (κ1) is 20.9. The molecule has 3 aromatic rings. The summed E-state index contributed by atoms with van der Waals surface area (Å²) in [6, 6.07) is 15.0. The van der Waals surface area contributed by atoms with Crippen molar-refractivity contribution >= 4 is 40.0 Å². The number of thioether (sulfide) groups is 1. The number of amides is 2. The zero-order valence-corrected chi connectivity index (χ0v) is 17.4. The summed E-state index contributed by atoms with van der Waals surface area (Å²) >= 11 is 2.93. The van der Waals surface area contributed by atoms with Crippen LogP contribution in [-0.2, 0) is 4.79 Å². The van der Waals surface area contributed by atoms with Crippen molar-refractivity contribution < 1.29 is 14.7 Å². The highest BCUT2D eigenvalue weighted by atomic mass is 32.2. The Kier molecular flexibility index (Phi) is 7.26. The summed E-state index contributed by atoms with van der Waals surface area (Å²) in [4.78, 5) is 29.7. The van der Waals surface area contributed by atoms with Gasteiger partial charge in [-0.05, 0) is 36.6 Å². The van der Waals surface area contributed by atoms with Crippen LogP contribution < -0.4 is 10.6 Å². The lowest BCUT2D eigenvalue weighted by Crippen LogP contribution is -2.44. The van der Waals surface area contributed by atoms with Crippen LogP contribution in [0, 0.1) is 0 Å². The molecule has 1 aromatic heterocycles. The van der Waals surface area contributed by atoms with E-state index in [4.69, 9.17) is 0 Å². The summed E-state index contributed by atoms with van der Waals surface area (Å²) < 4.78 is 0. The highest BCUT2D eigenvalue weighted by molar-refractivity contribution is 7.98. The molecule has 0 aliphatic carbocycles. The van der Waals surface area contributed by atoms with Crippen molar-refractivity contribution in [3.05, 3.63) is 65.5 Å². The van der Waals surface area contributed by atoms with Gasteiger partial charge in [0.15, 0.2) is 5.13 Å². The molecule has 1 atom stereocenters. The van der Waals surface area contributed by atoms with Crippen LogP contribution in [0.15, 0.2) is 60.0 Å². The number of phenols is 1. The molecule has 8 heteroatoms. The maximum absolute atomic E-state index is 12.8. The van der Waals surface area contributed by atoms with Crippen molar-refractivity contribution in [3.63, 3.8) is 0 Å². The number of aromatic nitrogens is 1. The van der Waals surface area contributed by atoms with Crippen LogP contribution in [-0.4, -0.2) is 40.0 Å². The van der Waals surface area contributed by atoms with E-state index in [9.17, 15) is 14.7 Å². The van der Waals surface area contributed by atoms with Gasteiger partial charge < -0.3 is 15.7 Å². The number of nitrogens with zero attached hydrogens (tertiary/aromatic N) is 1. The van der Waals surface area contributed by atoms with Gasteiger partial charge in [0.1, 0.15) is 11.8 Å². The fourth-order valence-corrected chi connectivity index (χ4v) is 3.85. The zero-order valence-electron chi connectivity index (χ0n) is 15.8. The minimum Gasteiger partial charge on any atom is -0.508 e. The van der Waals surface area contributed by atoms with Crippen molar-refractivity contribution in [1.29, 1.82) is 0 Å². The molecule has 0 fully saturated rings. The molecule has 1 heterocycles. The monoisotopic (exact) mass is 427 g/mol. The van der Waals surface area contributed by atoms with Gasteiger partial charge in [-0.1, -0.05) is 36.4 Å². The second kappa shape index (κ2) is 10.1. The molecule has 0 unspecified atom stereocenters. The third-order valence-corrected chi connectivity index (χ3v) is 5.55. The minimum absolute atomic E-state index is 0.000933. The summed E-state index contributed by atoms with van der Waals surface area (Å²) in [6.45, 7) is 0. The van der Waals surface area contributed by atoms with Crippen LogP contribution in [0.2, 0.25) is 0 Å². The van der Waals surface area contributed by atoms with Crippen molar-refractivity contribution in [2.45, 2.75) is 12.5 Å². The molecule has 0 aliphatic rings. The lowest BCUT2D eigenvalue weighted by Gasteiger charge is -2.17. The predicted octanol–water partition coefficient (Wildman–Crippen LogP) is 4.01. The Balaban J connectivity index is 1.69. The van der Waals surface area contributed by atoms with Crippen LogP contribution in [0.4, 0.5) is 5.13 Å². The maximum atomic E-state index is 12.8. The summed E-state index contributed by atoms with van der Waals surface area (Å²) in [5, 5.41) is 17.5. The fraction of sp³-hybridized carbons (Fsp3) is 0.190. The first-order valence-corrected chi connectivity index (χ1v) is 11.2. The Morgan fingerprint density at radius 1 is 1.17 bits per heavy atom. The number of rotatable bonds is 8. The highest BCUT2D eigenvalue weighted by Gasteiger charge is 2.22. The smallest absolute Gasteiger partial charge is 0.252 e. The SMILES string of the molecule is CSCC[C@H](NC(=O)c1cccc(O)c1)C(=O)Nc1nc(-c2ccccc2)cs1. The molecule has 0 bridgehead atoms. The number of hydrogen-bond donors (Lipinski definition) is 3. The molecule has 0 radical (unpaired) electrons. The van der Waals surface area contributed by atoms with E-state index in [1.54, 1.807) is 23.9 Å². The lowest BCUT2D eigenvalue weighted by atomic mass is 10.1. The standard InChI is InChI=1S/C21H21N3O3S2/c1-28-11-10-17(22-19(26)15-8-5-9-16(25)12-15)20(27)24-21-23-18(13-29-21)14-6-3-2-4-7-14/h2-9,12-13,17,25H,10-11H2,1H3,(H,22,26)(H,23,24,27)/t17-/m0/s1. The van der Waals surface area contributed by atoms with Crippen molar-refractivity contribution in [1.82, 2.24) is 10.3 Å². The van der Waals surface area contributed by atoms with E-state index < -0.39 is 11.9 Å². The van der Waals surface area contributed by atoms with E-state index in [0.717, 1.165) is 11.3 Å². The molecule has 2 amide bonds.